The average molecular weight is 1510 g/mol. The van der Waals surface area contributed by atoms with Crippen molar-refractivity contribution in [3.8, 4) is 0 Å². The number of unbranched alkanes of at least 4 members (excludes halogenated alkanes) is 47. The van der Waals surface area contributed by atoms with Crippen LogP contribution in [-0.2, 0) is 65.4 Å². The number of phosphoric acid groups is 2. The van der Waals surface area contributed by atoms with E-state index in [9.17, 15) is 43.2 Å². The minimum atomic E-state index is -4.96. The summed E-state index contributed by atoms with van der Waals surface area (Å²) in [6.45, 7) is 14.2. The molecule has 5 atom stereocenters. The molecule has 103 heavy (non-hydrogen) atoms. The van der Waals surface area contributed by atoms with Crippen molar-refractivity contribution < 1.29 is 80.2 Å². The van der Waals surface area contributed by atoms with Gasteiger partial charge in [0.15, 0.2) is 12.2 Å². The van der Waals surface area contributed by atoms with Gasteiger partial charge in [-0.1, -0.05) is 383 Å². The SMILES string of the molecule is CC(C)CCCCCCCCCCCCCCCCCCCCC(=O)O[C@H](COC(=O)CCCCCCCCCCC(C)C)COP(=O)(O)OCC(O)COP(=O)(O)OC[C@@H](COC(=O)CCCCCCCCCC(C)C)OC(=O)CCCCCCCCCCCCCCCCCCCCC(C)C. The molecule has 0 saturated heterocycles. The number of ether oxygens (including phenoxy) is 4. The molecule has 0 heterocycles. The van der Waals surface area contributed by atoms with Crippen LogP contribution in [0.3, 0.4) is 0 Å². The van der Waals surface area contributed by atoms with E-state index < -0.39 is 97.5 Å². The maximum Gasteiger partial charge on any atom is 0.472 e. The summed E-state index contributed by atoms with van der Waals surface area (Å²) in [4.78, 5) is 73.1. The predicted molar refractivity (Wildman–Crippen MR) is 423 cm³/mol. The number of phosphoric ester groups is 2. The summed E-state index contributed by atoms with van der Waals surface area (Å²) in [5.41, 5.74) is 0. The van der Waals surface area contributed by atoms with Gasteiger partial charge in [0, 0.05) is 25.7 Å². The lowest BCUT2D eigenvalue weighted by atomic mass is 10.0. The smallest absolute Gasteiger partial charge is 0.462 e. The highest BCUT2D eigenvalue weighted by atomic mass is 31.2. The lowest BCUT2D eigenvalue weighted by Gasteiger charge is -2.21. The standard InChI is InChI=1S/C84H164O17P2/c1-74(2)60-52-44-36-29-25-21-17-13-9-11-15-19-23-27-31-41-50-58-66-83(88)100-79(70-94-81(86)64-56-48-40-34-33-38-46-54-62-76(5)6)72-98-102(90,91)96-68-78(85)69-97-103(92,93)99-73-80(71-95-82(87)65-57-49-43-35-39-47-55-63-77(7)8)101-84(89)67-59-51-42-32-28-24-20-16-12-10-14-18-22-26-30-37-45-53-61-75(3)4/h74-80,85H,9-73H2,1-8H3,(H,90,91)(H,92,93)/t78?,79-,80-/m1/s1. The van der Waals surface area contributed by atoms with Crippen LogP contribution in [0.15, 0.2) is 0 Å². The Morgan fingerprint density at radius 3 is 0.602 bits per heavy atom. The maximum absolute atomic E-state index is 13.1. The number of carbonyl (C=O) groups excluding carboxylic acids is 4. The zero-order valence-corrected chi connectivity index (χ0v) is 69.7. The van der Waals surface area contributed by atoms with Gasteiger partial charge in [0.25, 0.3) is 0 Å². The summed E-state index contributed by atoms with van der Waals surface area (Å²) in [7, 11) is -9.92. The summed E-state index contributed by atoms with van der Waals surface area (Å²) in [6.07, 6.45) is 61.4. The Hall–Kier alpha value is -1.94. The van der Waals surface area contributed by atoms with Crippen LogP contribution in [0.4, 0.5) is 0 Å². The second-order valence-corrected chi connectivity index (χ2v) is 35.0. The molecule has 17 nitrogen and oxygen atoms in total. The molecule has 0 fully saturated rings. The third-order valence-corrected chi connectivity index (χ3v) is 21.5. The Balaban J connectivity index is 5.16. The van der Waals surface area contributed by atoms with Crippen molar-refractivity contribution in [2.45, 2.75) is 453 Å². The van der Waals surface area contributed by atoms with Gasteiger partial charge in [-0.3, -0.25) is 37.3 Å². The quantitative estimate of drug-likeness (QED) is 0.0222. The molecule has 0 saturated carbocycles. The van der Waals surface area contributed by atoms with E-state index in [0.717, 1.165) is 114 Å². The number of esters is 4. The van der Waals surface area contributed by atoms with E-state index in [2.05, 4.69) is 55.4 Å². The van der Waals surface area contributed by atoms with Crippen LogP contribution in [0.1, 0.15) is 434 Å². The Morgan fingerprint density at radius 2 is 0.408 bits per heavy atom. The molecule has 0 aliphatic rings. The molecule has 0 aliphatic heterocycles. The van der Waals surface area contributed by atoms with E-state index >= 15 is 0 Å². The van der Waals surface area contributed by atoms with Crippen LogP contribution in [0.25, 0.3) is 0 Å². The first kappa shape index (κ1) is 101. The Bertz CT molecular complexity index is 2010. The average Bonchev–Trinajstić information content (AvgIpc) is 0.907. The summed E-state index contributed by atoms with van der Waals surface area (Å²) in [6, 6.07) is 0. The van der Waals surface area contributed by atoms with Crippen LogP contribution in [0.2, 0.25) is 0 Å². The Kier molecular flexibility index (Phi) is 71.5. The molecule has 0 rings (SSSR count). The van der Waals surface area contributed by atoms with Crippen LogP contribution >= 0.6 is 15.6 Å². The third-order valence-electron chi connectivity index (χ3n) is 19.6. The van der Waals surface area contributed by atoms with E-state index in [4.69, 9.17) is 37.0 Å². The largest absolute Gasteiger partial charge is 0.472 e. The van der Waals surface area contributed by atoms with Crippen molar-refractivity contribution in [1.29, 1.82) is 0 Å². The lowest BCUT2D eigenvalue weighted by Crippen LogP contribution is -2.30. The van der Waals surface area contributed by atoms with Crippen LogP contribution in [0, 0.1) is 23.7 Å². The second-order valence-electron chi connectivity index (χ2n) is 32.1. The minimum absolute atomic E-state index is 0.107. The van der Waals surface area contributed by atoms with Crippen molar-refractivity contribution in [2.75, 3.05) is 39.6 Å². The lowest BCUT2D eigenvalue weighted by molar-refractivity contribution is -0.161. The number of aliphatic hydroxyl groups is 1. The van der Waals surface area contributed by atoms with Crippen molar-refractivity contribution in [2.24, 2.45) is 23.7 Å². The summed E-state index contributed by atoms with van der Waals surface area (Å²) in [5, 5.41) is 10.7. The van der Waals surface area contributed by atoms with Gasteiger partial charge in [0.2, 0.25) is 0 Å². The summed E-state index contributed by atoms with van der Waals surface area (Å²) < 4.78 is 68.7. The fraction of sp³-hybridized carbons (Fsp3) is 0.952. The Labute approximate surface area is 632 Å². The number of hydrogen-bond donors (Lipinski definition) is 3. The molecular formula is C84H164O17P2. The molecule has 3 N–H and O–H groups in total. The highest BCUT2D eigenvalue weighted by molar-refractivity contribution is 7.47. The first-order valence-corrected chi connectivity index (χ1v) is 46.2. The molecule has 0 aromatic rings. The molecule has 0 spiro atoms. The summed E-state index contributed by atoms with van der Waals surface area (Å²) in [5.74, 6) is 0.959. The first-order valence-electron chi connectivity index (χ1n) is 43.2. The molecule has 612 valence electrons. The van der Waals surface area contributed by atoms with Gasteiger partial charge >= 0.3 is 39.5 Å². The monoisotopic (exact) mass is 1510 g/mol. The number of rotatable bonds is 81. The molecule has 19 heteroatoms. The van der Waals surface area contributed by atoms with Gasteiger partial charge in [0.05, 0.1) is 26.4 Å². The van der Waals surface area contributed by atoms with Gasteiger partial charge < -0.3 is 33.8 Å². The van der Waals surface area contributed by atoms with Crippen molar-refractivity contribution >= 4 is 39.5 Å². The molecular weight excluding hydrogens is 1340 g/mol. The van der Waals surface area contributed by atoms with Gasteiger partial charge in [-0.25, -0.2) is 9.13 Å². The minimum Gasteiger partial charge on any atom is -0.462 e. The van der Waals surface area contributed by atoms with E-state index in [1.807, 2.05) is 0 Å². The van der Waals surface area contributed by atoms with Crippen LogP contribution < -0.4 is 0 Å². The van der Waals surface area contributed by atoms with E-state index in [0.29, 0.717) is 31.6 Å². The van der Waals surface area contributed by atoms with Crippen molar-refractivity contribution in [3.63, 3.8) is 0 Å². The predicted octanol–water partition coefficient (Wildman–Crippen LogP) is 25.2. The van der Waals surface area contributed by atoms with Gasteiger partial charge in [-0.15, -0.1) is 0 Å². The maximum atomic E-state index is 13.1. The van der Waals surface area contributed by atoms with E-state index in [1.54, 1.807) is 0 Å². The number of hydrogen-bond acceptors (Lipinski definition) is 15. The zero-order chi connectivity index (χ0) is 76.0. The molecule has 0 amide bonds. The van der Waals surface area contributed by atoms with Crippen molar-refractivity contribution in [1.82, 2.24) is 0 Å². The van der Waals surface area contributed by atoms with E-state index in [1.165, 1.54) is 231 Å². The molecule has 3 unspecified atom stereocenters. The molecule has 0 aromatic heterocycles. The van der Waals surface area contributed by atoms with Crippen LogP contribution in [0.5, 0.6) is 0 Å². The molecule has 0 bridgehead atoms. The van der Waals surface area contributed by atoms with Gasteiger partial charge in [-0.2, -0.15) is 0 Å². The topological polar surface area (TPSA) is 237 Å². The number of aliphatic hydroxyl groups excluding tert-OH is 1. The normalized spacial score (nSPS) is 14.0. The van der Waals surface area contributed by atoms with Gasteiger partial charge in [-0.05, 0) is 49.4 Å². The highest BCUT2D eigenvalue weighted by Gasteiger charge is 2.30. The molecule has 0 radical (unpaired) electrons. The number of carbonyl (C=O) groups is 4. The summed E-state index contributed by atoms with van der Waals surface area (Å²) >= 11 is 0. The zero-order valence-electron chi connectivity index (χ0n) is 68.0. The van der Waals surface area contributed by atoms with E-state index in [-0.39, 0.29) is 25.7 Å². The third kappa shape index (κ3) is 78.0. The van der Waals surface area contributed by atoms with Crippen molar-refractivity contribution in [3.05, 3.63) is 0 Å². The Morgan fingerprint density at radius 1 is 0.243 bits per heavy atom. The molecule has 0 aromatic carbocycles. The molecule has 0 aliphatic carbocycles. The fourth-order valence-corrected chi connectivity index (χ4v) is 14.5. The second kappa shape index (κ2) is 72.9. The van der Waals surface area contributed by atoms with Gasteiger partial charge in [0.1, 0.15) is 19.3 Å². The highest BCUT2D eigenvalue weighted by Crippen LogP contribution is 2.45. The fourth-order valence-electron chi connectivity index (χ4n) is 13.0. The van der Waals surface area contributed by atoms with Crippen LogP contribution in [-0.4, -0.2) is 96.7 Å². The first-order chi connectivity index (χ1) is 49.6.